The maximum Gasteiger partial charge on any atom is 0.401 e. The van der Waals surface area contributed by atoms with Crippen molar-refractivity contribution < 1.29 is 18.3 Å². The maximum atomic E-state index is 12.1. The van der Waals surface area contributed by atoms with E-state index in [0.717, 1.165) is 11.3 Å². The number of halogens is 3. The lowest BCUT2D eigenvalue weighted by molar-refractivity contribution is -0.131. The van der Waals surface area contributed by atoms with Gasteiger partial charge >= 0.3 is 6.18 Å². The Kier molecular flexibility index (Phi) is 4.31. The summed E-state index contributed by atoms with van der Waals surface area (Å²) in [6, 6.07) is 0. The molecule has 9 heteroatoms. The van der Waals surface area contributed by atoms with Crippen LogP contribution in [0.1, 0.15) is 16.8 Å². The fourth-order valence-corrected chi connectivity index (χ4v) is 2.50. The Morgan fingerprint density at radius 1 is 1.35 bits per heavy atom. The number of aryl methyl sites for hydroxylation is 1. The van der Waals surface area contributed by atoms with Gasteiger partial charge in [0.2, 0.25) is 0 Å². The Bertz CT molecular complexity index is 573. The number of thiazole rings is 1. The standard InChI is InChI=1S/C11H11F3N4OS/c1-6-8(9(19)17-4-11(12,13)14)20-10(18-6)7-2-15-5-16-3-7/h2-3,5,9,17,19H,4H2,1H3. The molecule has 0 fully saturated rings. The van der Waals surface area contributed by atoms with Crippen LogP contribution in [0.5, 0.6) is 0 Å². The van der Waals surface area contributed by atoms with E-state index in [1.54, 1.807) is 19.3 Å². The van der Waals surface area contributed by atoms with E-state index in [0.29, 0.717) is 21.1 Å². The second-order valence-electron chi connectivity index (χ2n) is 3.99. The van der Waals surface area contributed by atoms with E-state index in [4.69, 9.17) is 0 Å². The van der Waals surface area contributed by atoms with Crippen molar-refractivity contribution in [1.29, 1.82) is 0 Å². The topological polar surface area (TPSA) is 70.9 Å². The van der Waals surface area contributed by atoms with Gasteiger partial charge in [-0.15, -0.1) is 11.3 Å². The number of alkyl halides is 3. The molecule has 2 heterocycles. The molecule has 2 aromatic heterocycles. The monoisotopic (exact) mass is 304 g/mol. The van der Waals surface area contributed by atoms with Gasteiger partial charge < -0.3 is 5.11 Å². The highest BCUT2D eigenvalue weighted by atomic mass is 32.1. The summed E-state index contributed by atoms with van der Waals surface area (Å²) in [4.78, 5) is 12.2. The van der Waals surface area contributed by atoms with E-state index in [2.05, 4.69) is 15.0 Å². The van der Waals surface area contributed by atoms with Gasteiger partial charge in [-0.05, 0) is 6.92 Å². The highest BCUT2D eigenvalue weighted by molar-refractivity contribution is 7.15. The summed E-state index contributed by atoms with van der Waals surface area (Å²) in [6.07, 6.45) is -1.33. The number of nitrogens with one attached hydrogen (secondary N) is 1. The van der Waals surface area contributed by atoms with Crippen LogP contribution < -0.4 is 5.32 Å². The first-order chi connectivity index (χ1) is 9.37. The average molecular weight is 304 g/mol. The molecule has 0 bridgehead atoms. The normalized spacial score (nSPS) is 13.4. The first-order valence-corrected chi connectivity index (χ1v) is 6.39. The largest absolute Gasteiger partial charge is 0.401 e. The van der Waals surface area contributed by atoms with Crippen LogP contribution in [-0.4, -0.2) is 32.8 Å². The Balaban J connectivity index is 2.15. The van der Waals surface area contributed by atoms with Gasteiger partial charge in [-0.1, -0.05) is 0 Å². The third-order valence-corrected chi connectivity index (χ3v) is 3.64. The molecule has 108 valence electrons. The second kappa shape index (κ2) is 5.81. The molecule has 0 saturated carbocycles. The molecular weight excluding hydrogens is 293 g/mol. The first-order valence-electron chi connectivity index (χ1n) is 5.58. The smallest absolute Gasteiger partial charge is 0.373 e. The van der Waals surface area contributed by atoms with Gasteiger partial charge in [-0.3, -0.25) is 5.32 Å². The average Bonchev–Trinajstić information content (AvgIpc) is 2.78. The summed E-state index contributed by atoms with van der Waals surface area (Å²) in [5.74, 6) is 0. The molecule has 20 heavy (non-hydrogen) atoms. The van der Waals surface area contributed by atoms with E-state index in [1.165, 1.54) is 6.33 Å². The quantitative estimate of drug-likeness (QED) is 0.846. The van der Waals surface area contributed by atoms with Crippen LogP contribution >= 0.6 is 11.3 Å². The minimum Gasteiger partial charge on any atom is -0.373 e. The number of aromatic nitrogens is 3. The number of rotatable bonds is 4. The first kappa shape index (κ1) is 14.8. The predicted molar refractivity (Wildman–Crippen MR) is 66.9 cm³/mol. The van der Waals surface area contributed by atoms with Crippen LogP contribution in [0.25, 0.3) is 10.6 Å². The lowest BCUT2D eigenvalue weighted by Crippen LogP contribution is -2.31. The third kappa shape index (κ3) is 3.71. The van der Waals surface area contributed by atoms with E-state index in [9.17, 15) is 18.3 Å². The lowest BCUT2D eigenvalue weighted by atomic mass is 10.3. The van der Waals surface area contributed by atoms with Gasteiger partial charge in [0.1, 0.15) is 17.6 Å². The van der Waals surface area contributed by atoms with Crippen LogP contribution in [-0.2, 0) is 0 Å². The molecule has 0 spiro atoms. The summed E-state index contributed by atoms with van der Waals surface area (Å²) >= 11 is 1.10. The second-order valence-corrected chi connectivity index (χ2v) is 5.03. The number of hydrogen-bond donors (Lipinski definition) is 2. The van der Waals surface area contributed by atoms with Crippen LogP contribution in [0.3, 0.4) is 0 Å². The van der Waals surface area contributed by atoms with Crippen molar-refractivity contribution >= 4 is 11.3 Å². The number of hydrogen-bond acceptors (Lipinski definition) is 6. The molecule has 0 aliphatic rings. The summed E-state index contributed by atoms with van der Waals surface area (Å²) in [7, 11) is 0. The van der Waals surface area contributed by atoms with Crippen LogP contribution in [0.4, 0.5) is 13.2 Å². The molecule has 2 aromatic rings. The van der Waals surface area contributed by atoms with Gasteiger partial charge in [-0.25, -0.2) is 15.0 Å². The Hall–Kier alpha value is -1.58. The van der Waals surface area contributed by atoms with Crippen molar-refractivity contribution in [2.75, 3.05) is 6.54 Å². The maximum absolute atomic E-state index is 12.1. The molecule has 2 rings (SSSR count). The van der Waals surface area contributed by atoms with Crippen LogP contribution in [0.15, 0.2) is 18.7 Å². The molecule has 0 aromatic carbocycles. The number of aliphatic hydroxyl groups excluding tert-OH is 1. The van der Waals surface area contributed by atoms with Crippen molar-refractivity contribution in [3.05, 3.63) is 29.3 Å². The van der Waals surface area contributed by atoms with Crippen LogP contribution in [0.2, 0.25) is 0 Å². The molecule has 1 unspecified atom stereocenters. The molecule has 5 nitrogen and oxygen atoms in total. The Labute approximate surface area is 116 Å². The molecule has 0 saturated heterocycles. The van der Waals surface area contributed by atoms with E-state index >= 15 is 0 Å². The van der Waals surface area contributed by atoms with Crippen LogP contribution in [0, 0.1) is 6.92 Å². The van der Waals surface area contributed by atoms with Gasteiger partial charge in [-0.2, -0.15) is 13.2 Å². The summed E-state index contributed by atoms with van der Waals surface area (Å²) in [5.41, 5.74) is 1.12. The Morgan fingerprint density at radius 3 is 2.60 bits per heavy atom. The predicted octanol–water partition coefficient (Wildman–Crippen LogP) is 2.05. The Morgan fingerprint density at radius 2 is 2.00 bits per heavy atom. The van der Waals surface area contributed by atoms with E-state index in [1.807, 2.05) is 5.32 Å². The highest BCUT2D eigenvalue weighted by Gasteiger charge is 2.29. The van der Waals surface area contributed by atoms with E-state index < -0.39 is 18.9 Å². The molecule has 1 atom stereocenters. The fourth-order valence-electron chi connectivity index (χ4n) is 1.50. The minimum atomic E-state index is -4.38. The SMILES string of the molecule is Cc1nc(-c2cncnc2)sc1C(O)NCC(F)(F)F. The fraction of sp³-hybridized carbons (Fsp3) is 0.364. The van der Waals surface area contributed by atoms with Gasteiger partial charge in [0.05, 0.1) is 17.1 Å². The number of aliphatic hydroxyl groups is 1. The molecule has 0 radical (unpaired) electrons. The molecule has 2 N–H and O–H groups in total. The van der Waals surface area contributed by atoms with Gasteiger partial charge in [0.25, 0.3) is 0 Å². The summed E-state index contributed by atoms with van der Waals surface area (Å²) in [6.45, 7) is 0.354. The van der Waals surface area contributed by atoms with Gasteiger partial charge in [0, 0.05) is 18.0 Å². The van der Waals surface area contributed by atoms with Crippen molar-refractivity contribution in [2.45, 2.75) is 19.3 Å². The van der Waals surface area contributed by atoms with Gasteiger partial charge in [0.15, 0.2) is 0 Å². The van der Waals surface area contributed by atoms with E-state index in [-0.39, 0.29) is 0 Å². The highest BCUT2D eigenvalue weighted by Crippen LogP contribution is 2.30. The molecule has 0 aliphatic heterocycles. The number of nitrogens with zero attached hydrogens (tertiary/aromatic N) is 3. The van der Waals surface area contributed by atoms with Crippen molar-refractivity contribution in [3.8, 4) is 10.6 Å². The van der Waals surface area contributed by atoms with Crippen molar-refractivity contribution in [1.82, 2.24) is 20.3 Å². The molecule has 0 amide bonds. The van der Waals surface area contributed by atoms with Crippen molar-refractivity contribution in [3.63, 3.8) is 0 Å². The zero-order chi connectivity index (χ0) is 14.8. The minimum absolute atomic E-state index is 0.341. The van der Waals surface area contributed by atoms with Crippen molar-refractivity contribution in [2.24, 2.45) is 0 Å². The molecule has 0 aliphatic carbocycles. The zero-order valence-corrected chi connectivity index (χ0v) is 11.2. The summed E-state index contributed by atoms with van der Waals surface area (Å²) in [5, 5.41) is 12.3. The zero-order valence-electron chi connectivity index (χ0n) is 10.3. The molecular formula is C11H11F3N4OS. The summed E-state index contributed by atoms with van der Waals surface area (Å²) < 4.78 is 36.3. The lowest BCUT2D eigenvalue weighted by Gasteiger charge is -2.13. The third-order valence-electron chi connectivity index (χ3n) is 2.38.